The molecule has 0 aliphatic heterocycles. The van der Waals surface area contributed by atoms with E-state index in [1.54, 1.807) is 0 Å². The van der Waals surface area contributed by atoms with E-state index in [0.29, 0.717) is 0 Å². The zero-order valence-electron chi connectivity index (χ0n) is 21.4. The van der Waals surface area contributed by atoms with Crippen LogP contribution < -0.4 is 0 Å². The Morgan fingerprint density at radius 3 is 1.97 bits per heavy atom. The van der Waals surface area contributed by atoms with Gasteiger partial charge in [-0.2, -0.15) is 0 Å². The van der Waals surface area contributed by atoms with Gasteiger partial charge in [0, 0.05) is 34.2 Å². The summed E-state index contributed by atoms with van der Waals surface area (Å²) in [6.07, 6.45) is 0. The second kappa shape index (κ2) is 6.85. The lowest BCUT2D eigenvalue weighted by atomic mass is 9.58. The van der Waals surface area contributed by atoms with Crippen LogP contribution in [0, 0.1) is 13.8 Å². The molecule has 0 saturated heterocycles. The highest BCUT2D eigenvalue weighted by Crippen LogP contribution is 2.54. The van der Waals surface area contributed by atoms with Gasteiger partial charge in [-0.05, 0) is 64.4 Å². The highest BCUT2D eigenvalue weighted by atomic mass is 14.9. The number of nitrogens with zero attached hydrogens (tertiary/aromatic N) is 1. The molecule has 34 heavy (non-hydrogen) atoms. The Morgan fingerprint density at radius 1 is 0.588 bits per heavy atom. The third-order valence-electron chi connectivity index (χ3n) is 8.57. The molecule has 1 aliphatic rings. The van der Waals surface area contributed by atoms with Gasteiger partial charge in [0.25, 0.3) is 0 Å². The molecule has 1 aromatic heterocycles. The Labute approximate surface area is 203 Å². The first-order valence-corrected chi connectivity index (χ1v) is 12.4. The topological polar surface area (TPSA) is 4.93 Å². The molecule has 6 rings (SSSR count). The van der Waals surface area contributed by atoms with Gasteiger partial charge in [-0.1, -0.05) is 94.4 Å². The van der Waals surface area contributed by atoms with E-state index in [0.717, 1.165) is 0 Å². The van der Waals surface area contributed by atoms with Crippen molar-refractivity contribution in [2.24, 2.45) is 7.05 Å². The van der Waals surface area contributed by atoms with E-state index in [2.05, 4.69) is 126 Å². The molecule has 0 amide bonds. The monoisotopic (exact) mass is 443 g/mol. The summed E-state index contributed by atoms with van der Waals surface area (Å²) in [5.41, 5.74) is 13.8. The van der Waals surface area contributed by atoms with Gasteiger partial charge in [0.2, 0.25) is 0 Å². The maximum atomic E-state index is 2.42. The van der Waals surface area contributed by atoms with Gasteiger partial charge in [0.15, 0.2) is 0 Å². The summed E-state index contributed by atoms with van der Waals surface area (Å²) in [6, 6.07) is 27.1. The number of fused-ring (bicyclic) bond motifs is 6. The molecule has 0 saturated carbocycles. The molecule has 0 radical (unpaired) electrons. The van der Waals surface area contributed by atoms with Gasteiger partial charge in [-0.25, -0.2) is 0 Å². The fourth-order valence-corrected chi connectivity index (χ4v) is 6.90. The average molecular weight is 444 g/mol. The second-order valence-electron chi connectivity index (χ2n) is 11.2. The maximum Gasteiger partial charge on any atom is 0.0533 e. The molecular weight excluding hydrogens is 410 g/mol. The molecule has 0 unspecified atom stereocenters. The fourth-order valence-electron chi connectivity index (χ4n) is 6.90. The largest absolute Gasteiger partial charge is 0.343 e. The van der Waals surface area contributed by atoms with Crippen molar-refractivity contribution in [1.82, 2.24) is 4.57 Å². The Morgan fingerprint density at radius 2 is 1.21 bits per heavy atom. The van der Waals surface area contributed by atoms with Crippen LogP contribution in [-0.2, 0) is 17.9 Å². The second-order valence-corrected chi connectivity index (χ2v) is 11.2. The predicted molar refractivity (Wildman–Crippen MR) is 146 cm³/mol. The van der Waals surface area contributed by atoms with Gasteiger partial charge in [-0.15, -0.1) is 0 Å². The van der Waals surface area contributed by atoms with E-state index in [1.165, 1.54) is 66.3 Å². The molecule has 4 aromatic carbocycles. The van der Waals surface area contributed by atoms with Gasteiger partial charge < -0.3 is 4.57 Å². The van der Waals surface area contributed by atoms with E-state index in [1.807, 2.05) is 0 Å². The lowest BCUT2D eigenvalue weighted by Gasteiger charge is -2.45. The molecule has 0 atom stereocenters. The predicted octanol–water partition coefficient (Wildman–Crippen LogP) is 8.58. The van der Waals surface area contributed by atoms with Crippen molar-refractivity contribution in [1.29, 1.82) is 0 Å². The molecular formula is C33H33N. The van der Waals surface area contributed by atoms with Gasteiger partial charge in [-0.3, -0.25) is 0 Å². The van der Waals surface area contributed by atoms with Crippen LogP contribution in [0.15, 0.2) is 72.8 Å². The minimum atomic E-state index is -0.100. The molecule has 1 heterocycles. The van der Waals surface area contributed by atoms with Crippen LogP contribution in [0.3, 0.4) is 0 Å². The Kier molecular flexibility index (Phi) is 4.28. The summed E-state index contributed by atoms with van der Waals surface area (Å²) in [5.74, 6) is 0. The first-order chi connectivity index (χ1) is 16.2. The van der Waals surface area contributed by atoms with Crippen molar-refractivity contribution in [2.75, 3.05) is 0 Å². The van der Waals surface area contributed by atoms with Crippen molar-refractivity contribution in [2.45, 2.75) is 52.4 Å². The molecule has 1 nitrogen and oxygen atoms in total. The maximum absolute atomic E-state index is 2.42. The highest BCUT2D eigenvalue weighted by Gasteiger charge is 2.44. The van der Waals surface area contributed by atoms with E-state index < -0.39 is 0 Å². The number of hydrogen-bond donors (Lipinski definition) is 0. The number of rotatable bonds is 1. The Balaban J connectivity index is 1.72. The lowest BCUT2D eigenvalue weighted by Crippen LogP contribution is -2.38. The van der Waals surface area contributed by atoms with E-state index in [9.17, 15) is 0 Å². The van der Waals surface area contributed by atoms with Crippen LogP contribution in [0.5, 0.6) is 0 Å². The van der Waals surface area contributed by atoms with Crippen molar-refractivity contribution >= 4 is 21.8 Å². The molecule has 170 valence electrons. The quantitative estimate of drug-likeness (QED) is 0.244. The Hall–Kier alpha value is -3.32. The van der Waals surface area contributed by atoms with Crippen LogP contribution in [0.4, 0.5) is 0 Å². The minimum absolute atomic E-state index is 0.0897. The molecule has 0 fully saturated rings. The molecule has 0 spiro atoms. The van der Waals surface area contributed by atoms with E-state index >= 15 is 0 Å². The third-order valence-corrected chi connectivity index (χ3v) is 8.57. The number of aromatic nitrogens is 1. The zero-order valence-corrected chi connectivity index (χ0v) is 21.4. The summed E-state index contributed by atoms with van der Waals surface area (Å²) in [7, 11) is 2.23. The third kappa shape index (κ3) is 2.56. The summed E-state index contributed by atoms with van der Waals surface area (Å²) >= 11 is 0. The molecule has 5 aromatic rings. The van der Waals surface area contributed by atoms with Crippen LogP contribution in [-0.4, -0.2) is 4.57 Å². The van der Waals surface area contributed by atoms with Crippen molar-refractivity contribution in [3.05, 3.63) is 106 Å². The standard InChI is InChI=1S/C33H33N/c1-20-12-8-9-13-22(20)23-16-18-26-29(21(23)2)32(3,4)27-19-17-25-24-14-10-11-15-28(24)34(7)31(25)30(27)33(26,5)6/h8-19H,1-7H3. The average Bonchev–Trinajstić information content (AvgIpc) is 3.10. The van der Waals surface area contributed by atoms with Crippen LogP contribution in [0.1, 0.15) is 61.1 Å². The van der Waals surface area contributed by atoms with E-state index in [4.69, 9.17) is 0 Å². The van der Waals surface area contributed by atoms with Crippen molar-refractivity contribution in [3.63, 3.8) is 0 Å². The number of benzene rings is 4. The first kappa shape index (κ1) is 21.2. The zero-order chi connectivity index (χ0) is 24.0. The highest BCUT2D eigenvalue weighted by molar-refractivity contribution is 6.10. The first-order valence-electron chi connectivity index (χ1n) is 12.4. The fraction of sp³-hybridized carbons (Fsp3) is 0.273. The Bertz CT molecular complexity index is 1620. The smallest absolute Gasteiger partial charge is 0.0533 e. The van der Waals surface area contributed by atoms with E-state index in [-0.39, 0.29) is 10.8 Å². The van der Waals surface area contributed by atoms with Gasteiger partial charge in [0.1, 0.15) is 0 Å². The normalized spacial score (nSPS) is 16.0. The molecule has 1 aliphatic carbocycles. The lowest BCUT2D eigenvalue weighted by molar-refractivity contribution is 0.520. The molecule has 0 N–H and O–H groups in total. The van der Waals surface area contributed by atoms with Gasteiger partial charge >= 0.3 is 0 Å². The molecule has 0 bridgehead atoms. The van der Waals surface area contributed by atoms with Gasteiger partial charge in [0.05, 0.1) is 5.52 Å². The summed E-state index contributed by atoms with van der Waals surface area (Å²) < 4.78 is 2.42. The number of hydrogen-bond acceptors (Lipinski definition) is 0. The SMILES string of the molecule is Cc1ccccc1-c1ccc2c(c1C)C(C)(C)c1ccc3c4ccccc4n(C)c3c1C2(C)C. The van der Waals surface area contributed by atoms with Crippen LogP contribution >= 0.6 is 0 Å². The summed E-state index contributed by atoms with van der Waals surface area (Å²) in [5, 5.41) is 2.70. The molecule has 1 heteroatoms. The van der Waals surface area contributed by atoms with Crippen LogP contribution in [0.25, 0.3) is 32.9 Å². The minimum Gasteiger partial charge on any atom is -0.343 e. The number of aryl methyl sites for hydroxylation is 2. The summed E-state index contributed by atoms with van der Waals surface area (Å²) in [6.45, 7) is 14.2. The van der Waals surface area contributed by atoms with Crippen LogP contribution in [0.2, 0.25) is 0 Å². The van der Waals surface area contributed by atoms with Crippen molar-refractivity contribution in [3.8, 4) is 11.1 Å². The summed E-state index contributed by atoms with van der Waals surface area (Å²) in [4.78, 5) is 0. The van der Waals surface area contributed by atoms with Crippen molar-refractivity contribution < 1.29 is 0 Å². The number of para-hydroxylation sites is 1.